The number of nitrogens with zero attached hydrogens (tertiary/aromatic N) is 2. The van der Waals surface area contributed by atoms with Gasteiger partial charge in [0.25, 0.3) is 0 Å². The average molecular weight is 427 g/mol. The predicted octanol–water partition coefficient (Wildman–Crippen LogP) is 5.66. The van der Waals surface area contributed by atoms with E-state index in [1.165, 1.54) is 4.88 Å². The Balaban J connectivity index is 1.60. The van der Waals surface area contributed by atoms with Crippen LogP contribution in [0.2, 0.25) is 5.02 Å². The van der Waals surface area contributed by atoms with E-state index in [0.717, 1.165) is 29.0 Å². The Hall–Kier alpha value is -2.70. The van der Waals surface area contributed by atoms with E-state index in [-0.39, 0.29) is 12.3 Å². The normalized spacial score (nSPS) is 19.8. The van der Waals surface area contributed by atoms with Crippen LogP contribution in [0.5, 0.6) is 17.2 Å². The van der Waals surface area contributed by atoms with Gasteiger partial charge in [0.1, 0.15) is 5.75 Å². The summed E-state index contributed by atoms with van der Waals surface area (Å²) in [7, 11) is 3.26. The van der Waals surface area contributed by atoms with Gasteiger partial charge in [-0.1, -0.05) is 17.7 Å². The van der Waals surface area contributed by atoms with Crippen LogP contribution in [-0.4, -0.2) is 24.9 Å². The highest BCUT2D eigenvalue weighted by Crippen LogP contribution is 2.49. The van der Waals surface area contributed by atoms with E-state index in [1.54, 1.807) is 25.6 Å². The summed E-state index contributed by atoms with van der Waals surface area (Å²) in [5.41, 5.74) is 3.07. The van der Waals surface area contributed by atoms with Crippen molar-refractivity contribution in [1.29, 1.82) is 0 Å². The van der Waals surface area contributed by atoms with E-state index < -0.39 is 0 Å². The second kappa shape index (κ2) is 7.28. The molecule has 29 heavy (non-hydrogen) atoms. The lowest BCUT2D eigenvalue weighted by Crippen LogP contribution is -2.33. The van der Waals surface area contributed by atoms with Crippen molar-refractivity contribution in [2.45, 2.75) is 18.7 Å². The summed E-state index contributed by atoms with van der Waals surface area (Å²) in [6, 6.07) is 15.8. The summed E-state index contributed by atoms with van der Waals surface area (Å²) in [5.74, 6) is 2.17. The molecule has 7 heteroatoms. The fourth-order valence-electron chi connectivity index (χ4n) is 3.88. The molecule has 5 nitrogen and oxygen atoms in total. The zero-order valence-electron chi connectivity index (χ0n) is 16.0. The summed E-state index contributed by atoms with van der Waals surface area (Å²) in [6.07, 6.45) is 0.437. The van der Waals surface area contributed by atoms with Gasteiger partial charge in [-0.3, -0.25) is 0 Å². The van der Waals surface area contributed by atoms with E-state index >= 15 is 0 Å². The highest BCUT2D eigenvalue weighted by Gasteiger charge is 2.41. The Morgan fingerprint density at radius 3 is 2.72 bits per heavy atom. The van der Waals surface area contributed by atoms with Crippen LogP contribution >= 0.6 is 22.9 Å². The third-order valence-electron chi connectivity index (χ3n) is 5.25. The fraction of sp³-hybridized carbons (Fsp3) is 0.227. The van der Waals surface area contributed by atoms with Gasteiger partial charge in [0.2, 0.25) is 6.23 Å². The maximum Gasteiger partial charge on any atom is 0.214 e. The molecule has 0 saturated carbocycles. The van der Waals surface area contributed by atoms with E-state index in [4.69, 9.17) is 30.9 Å². The van der Waals surface area contributed by atoms with Gasteiger partial charge in [-0.05, 0) is 47.8 Å². The third kappa shape index (κ3) is 3.12. The molecule has 0 fully saturated rings. The van der Waals surface area contributed by atoms with E-state index in [0.29, 0.717) is 16.5 Å². The minimum absolute atomic E-state index is 0.0626. The number of hydrogen-bond donors (Lipinski definition) is 0. The summed E-state index contributed by atoms with van der Waals surface area (Å²) >= 11 is 7.99. The van der Waals surface area contributed by atoms with Gasteiger partial charge in [-0.25, -0.2) is 5.01 Å². The molecule has 2 aromatic carbocycles. The quantitative estimate of drug-likeness (QED) is 0.539. The van der Waals surface area contributed by atoms with Crippen LogP contribution < -0.4 is 14.2 Å². The van der Waals surface area contributed by atoms with Gasteiger partial charge in [-0.2, -0.15) is 5.10 Å². The lowest BCUT2D eigenvalue weighted by molar-refractivity contribution is -0.0191. The highest BCUT2D eigenvalue weighted by atomic mass is 35.5. The Kier molecular flexibility index (Phi) is 4.60. The molecule has 1 aromatic heterocycles. The minimum Gasteiger partial charge on any atom is -0.493 e. The first kappa shape index (κ1) is 18.3. The largest absolute Gasteiger partial charge is 0.493 e. The summed E-state index contributed by atoms with van der Waals surface area (Å²) in [5, 5.41) is 9.76. The van der Waals surface area contributed by atoms with Crippen molar-refractivity contribution in [3.63, 3.8) is 0 Å². The van der Waals surface area contributed by atoms with E-state index in [2.05, 4.69) is 11.4 Å². The van der Waals surface area contributed by atoms with Crippen molar-refractivity contribution in [2.75, 3.05) is 14.2 Å². The molecule has 5 rings (SSSR count). The summed E-state index contributed by atoms with van der Waals surface area (Å²) in [6.45, 7) is 0. The molecule has 0 saturated heterocycles. The van der Waals surface area contributed by atoms with Crippen molar-refractivity contribution < 1.29 is 14.2 Å². The molecule has 2 aliphatic heterocycles. The summed E-state index contributed by atoms with van der Waals surface area (Å²) < 4.78 is 17.3. The van der Waals surface area contributed by atoms with Crippen LogP contribution in [0.25, 0.3) is 0 Å². The smallest absolute Gasteiger partial charge is 0.214 e. The Bertz CT molecular complexity index is 1080. The number of hydrazone groups is 1. The zero-order chi connectivity index (χ0) is 20.0. The number of thiophene rings is 1. The maximum absolute atomic E-state index is 6.39. The van der Waals surface area contributed by atoms with Gasteiger partial charge in [0, 0.05) is 22.6 Å². The molecule has 0 spiro atoms. The molecule has 0 amide bonds. The SMILES string of the molecule is COc1ccc([C@@H]2Oc3ccc(Cl)cc3[C@@H]3CC(c4cccs4)=NN32)cc1OC. The lowest BCUT2D eigenvalue weighted by Gasteiger charge is -2.38. The summed E-state index contributed by atoms with van der Waals surface area (Å²) in [4.78, 5) is 1.18. The van der Waals surface area contributed by atoms with Crippen LogP contribution in [-0.2, 0) is 0 Å². The molecule has 0 bridgehead atoms. The molecule has 3 heterocycles. The molecule has 3 aromatic rings. The number of rotatable bonds is 4. The number of benzene rings is 2. The van der Waals surface area contributed by atoms with Crippen LogP contribution in [0.3, 0.4) is 0 Å². The topological polar surface area (TPSA) is 43.3 Å². The van der Waals surface area contributed by atoms with Crippen molar-refractivity contribution in [3.8, 4) is 17.2 Å². The lowest BCUT2D eigenvalue weighted by atomic mass is 9.97. The van der Waals surface area contributed by atoms with Crippen LogP contribution in [0.1, 0.15) is 34.7 Å². The number of ether oxygens (including phenoxy) is 3. The van der Waals surface area contributed by atoms with Gasteiger partial charge in [0.05, 0.1) is 30.9 Å². The van der Waals surface area contributed by atoms with Crippen molar-refractivity contribution >= 4 is 28.6 Å². The fourth-order valence-corrected chi connectivity index (χ4v) is 4.78. The highest BCUT2D eigenvalue weighted by molar-refractivity contribution is 7.12. The Labute approximate surface area is 178 Å². The predicted molar refractivity (Wildman–Crippen MR) is 114 cm³/mol. The molecular weight excluding hydrogens is 408 g/mol. The zero-order valence-corrected chi connectivity index (χ0v) is 17.5. The molecule has 0 N–H and O–H groups in total. The Morgan fingerprint density at radius 1 is 1.10 bits per heavy atom. The minimum atomic E-state index is -0.369. The first-order valence-corrected chi connectivity index (χ1v) is 10.5. The molecule has 0 aliphatic carbocycles. The first-order valence-electron chi connectivity index (χ1n) is 9.25. The van der Waals surface area contributed by atoms with Crippen molar-refractivity contribution in [3.05, 3.63) is 74.9 Å². The molecule has 0 unspecified atom stereocenters. The Morgan fingerprint density at radius 2 is 1.97 bits per heavy atom. The van der Waals surface area contributed by atoms with Crippen LogP contribution in [0, 0.1) is 0 Å². The van der Waals surface area contributed by atoms with Crippen molar-refractivity contribution in [2.24, 2.45) is 5.10 Å². The second-order valence-electron chi connectivity index (χ2n) is 6.89. The maximum atomic E-state index is 6.39. The first-order chi connectivity index (χ1) is 14.2. The molecule has 2 aliphatic rings. The number of fused-ring (bicyclic) bond motifs is 3. The average Bonchev–Trinajstić information content (AvgIpc) is 3.42. The number of hydrogen-bond acceptors (Lipinski definition) is 6. The van der Waals surface area contributed by atoms with E-state index in [1.807, 2.05) is 47.5 Å². The number of methoxy groups -OCH3 is 2. The third-order valence-corrected chi connectivity index (χ3v) is 6.40. The standard InChI is InChI=1S/C22H19ClN2O3S/c1-26-19-7-5-13(10-20(19)27-2)22-25-17(12-16(24-25)21-4-3-9-29-21)15-11-14(23)6-8-18(15)28-22/h3-11,17,22H,12H2,1-2H3/t17-,22-/m0/s1. The molecule has 2 atom stereocenters. The molecular formula is C22H19ClN2O3S. The van der Waals surface area contributed by atoms with Gasteiger partial charge in [-0.15, -0.1) is 11.3 Å². The second-order valence-corrected chi connectivity index (χ2v) is 8.27. The van der Waals surface area contributed by atoms with Crippen LogP contribution in [0.4, 0.5) is 0 Å². The molecule has 0 radical (unpaired) electrons. The van der Waals surface area contributed by atoms with Gasteiger partial charge < -0.3 is 14.2 Å². The molecule has 148 valence electrons. The van der Waals surface area contributed by atoms with Crippen LogP contribution in [0.15, 0.2) is 59.0 Å². The van der Waals surface area contributed by atoms with Crippen molar-refractivity contribution in [1.82, 2.24) is 5.01 Å². The van der Waals surface area contributed by atoms with Gasteiger partial charge >= 0.3 is 0 Å². The van der Waals surface area contributed by atoms with Gasteiger partial charge in [0.15, 0.2) is 11.5 Å². The number of halogens is 1. The van der Waals surface area contributed by atoms with E-state index in [9.17, 15) is 0 Å². The monoisotopic (exact) mass is 426 g/mol.